The number of aliphatic hydroxyl groups excluding tert-OH is 1. The molecule has 1 aliphatic heterocycles. The molecule has 9 heteroatoms. The summed E-state index contributed by atoms with van der Waals surface area (Å²) in [4.78, 5) is 10.6. The summed E-state index contributed by atoms with van der Waals surface area (Å²) in [5.41, 5.74) is -2.25. The van der Waals surface area contributed by atoms with E-state index in [0.717, 1.165) is 6.92 Å². The molecule has 4 nitrogen and oxygen atoms in total. The Morgan fingerprint density at radius 2 is 1.94 bits per heavy atom. The van der Waals surface area contributed by atoms with E-state index in [2.05, 4.69) is 0 Å². The van der Waals surface area contributed by atoms with Gasteiger partial charge in [-0.25, -0.2) is 4.39 Å². The van der Waals surface area contributed by atoms with Gasteiger partial charge in [0.25, 0.3) is 0 Å². The molecule has 8 atom stereocenters. The summed E-state index contributed by atoms with van der Waals surface area (Å²) in [6.07, 6.45) is -1.31. The third kappa shape index (κ3) is 6.81. The van der Waals surface area contributed by atoms with Crippen molar-refractivity contribution in [1.82, 2.24) is 0 Å². The van der Waals surface area contributed by atoms with Crippen LogP contribution >= 0.6 is 0 Å². The molecule has 0 amide bonds. The molecule has 0 aromatic rings. The zero-order valence-electron chi connectivity index (χ0n) is 18.3. The Kier molecular flexibility index (Phi) is 11.4. The molecule has 2 fully saturated rings. The fourth-order valence-corrected chi connectivity index (χ4v) is 4.72. The van der Waals surface area contributed by atoms with Gasteiger partial charge in [-0.2, -0.15) is 13.2 Å². The van der Waals surface area contributed by atoms with E-state index in [1.165, 1.54) is 12.2 Å². The summed E-state index contributed by atoms with van der Waals surface area (Å²) < 4.78 is 61.9. The standard InChI is InChI=1S/C23H34F4O4.Na.H/c1-4-5-12-22(3,23(25,26)27)18(28)11-10-15-14(2)13-17-20(15)21(24)16(31-17)8-6-7-9-19(29)30;;/h6,8,10-11,14-18,20-21,28H,4-5,7,9,12-13H2,1-3H3,(H,29,30);;/b8-6+,11-10+;;/t14-,15+,16?,17+,18-,20-,21?,22?;;/m1../s1. The van der Waals surface area contributed by atoms with Crippen molar-refractivity contribution in [2.45, 2.75) is 90.0 Å². The zero-order chi connectivity index (χ0) is 23.4. The number of carboxylic acids is 1. The van der Waals surface area contributed by atoms with Crippen LogP contribution in [0.15, 0.2) is 24.3 Å². The molecule has 2 aliphatic rings. The number of alkyl halides is 4. The van der Waals surface area contributed by atoms with E-state index >= 15 is 4.39 Å². The van der Waals surface area contributed by atoms with Gasteiger partial charge < -0.3 is 14.9 Å². The molecule has 0 radical (unpaired) electrons. The Morgan fingerprint density at radius 3 is 2.50 bits per heavy atom. The number of ether oxygens (including phenoxy) is 1. The first-order chi connectivity index (χ1) is 14.4. The van der Waals surface area contributed by atoms with Crippen molar-refractivity contribution in [3.05, 3.63) is 24.3 Å². The summed E-state index contributed by atoms with van der Waals surface area (Å²) in [5, 5.41) is 19.1. The summed E-state index contributed by atoms with van der Waals surface area (Å²) in [6, 6.07) is 0. The van der Waals surface area contributed by atoms with Gasteiger partial charge in [0, 0.05) is 12.3 Å². The van der Waals surface area contributed by atoms with E-state index in [1.54, 1.807) is 19.1 Å². The number of aliphatic carboxylic acids is 1. The fourth-order valence-electron chi connectivity index (χ4n) is 4.72. The van der Waals surface area contributed by atoms with Crippen LogP contribution in [0.4, 0.5) is 17.6 Å². The van der Waals surface area contributed by atoms with Gasteiger partial charge in [-0.1, -0.05) is 51.0 Å². The second-order valence-corrected chi connectivity index (χ2v) is 9.16. The normalized spacial score (nSPS) is 33.2. The molecular weight excluding hydrogens is 439 g/mol. The molecule has 1 saturated heterocycles. The first-order valence-corrected chi connectivity index (χ1v) is 11.0. The van der Waals surface area contributed by atoms with Crippen molar-refractivity contribution >= 4 is 35.5 Å². The summed E-state index contributed by atoms with van der Waals surface area (Å²) in [7, 11) is 0. The number of hydrogen-bond acceptors (Lipinski definition) is 3. The van der Waals surface area contributed by atoms with E-state index < -0.39 is 41.9 Å². The molecule has 3 unspecified atom stereocenters. The summed E-state index contributed by atoms with van der Waals surface area (Å²) in [5.74, 6) is -1.76. The topological polar surface area (TPSA) is 66.8 Å². The number of aliphatic hydroxyl groups is 1. The zero-order valence-corrected chi connectivity index (χ0v) is 18.3. The van der Waals surface area contributed by atoms with Crippen molar-refractivity contribution in [2.75, 3.05) is 0 Å². The number of hydrogen-bond donors (Lipinski definition) is 2. The van der Waals surface area contributed by atoms with Gasteiger partial charge in [-0.05, 0) is 38.0 Å². The van der Waals surface area contributed by atoms with Crippen LogP contribution < -0.4 is 0 Å². The van der Waals surface area contributed by atoms with Crippen molar-refractivity contribution in [2.24, 2.45) is 23.2 Å². The van der Waals surface area contributed by atoms with Crippen LogP contribution in [0.2, 0.25) is 0 Å². The van der Waals surface area contributed by atoms with Crippen LogP contribution in [0.25, 0.3) is 0 Å². The second-order valence-electron chi connectivity index (χ2n) is 9.16. The molecule has 1 heterocycles. The third-order valence-corrected chi connectivity index (χ3v) is 6.86. The van der Waals surface area contributed by atoms with E-state index in [1.807, 2.05) is 6.92 Å². The molecule has 32 heavy (non-hydrogen) atoms. The molecule has 1 aliphatic carbocycles. The number of allylic oxidation sites excluding steroid dienone is 2. The minimum atomic E-state index is -4.55. The van der Waals surface area contributed by atoms with Crippen LogP contribution in [0.5, 0.6) is 0 Å². The van der Waals surface area contributed by atoms with Crippen LogP contribution in [0, 0.1) is 23.2 Å². The number of carbonyl (C=O) groups is 1. The van der Waals surface area contributed by atoms with Gasteiger partial charge in [-0.3, -0.25) is 4.79 Å². The van der Waals surface area contributed by atoms with Crippen molar-refractivity contribution < 1.29 is 37.3 Å². The molecule has 1 saturated carbocycles. The van der Waals surface area contributed by atoms with E-state index in [0.29, 0.717) is 19.3 Å². The molecule has 0 aromatic heterocycles. The van der Waals surface area contributed by atoms with Crippen molar-refractivity contribution in [1.29, 1.82) is 0 Å². The van der Waals surface area contributed by atoms with Gasteiger partial charge >= 0.3 is 41.7 Å². The van der Waals surface area contributed by atoms with Gasteiger partial charge in [-0.15, -0.1) is 0 Å². The van der Waals surface area contributed by atoms with Gasteiger partial charge in [0.1, 0.15) is 12.3 Å². The van der Waals surface area contributed by atoms with Crippen molar-refractivity contribution in [3.63, 3.8) is 0 Å². The third-order valence-electron chi connectivity index (χ3n) is 6.86. The minimum absolute atomic E-state index is 0. The number of halogens is 4. The first kappa shape index (κ1) is 29.6. The van der Waals surface area contributed by atoms with Crippen LogP contribution in [0.1, 0.15) is 59.3 Å². The maximum atomic E-state index is 15.1. The maximum absolute atomic E-state index is 15.1. The Labute approximate surface area is 209 Å². The van der Waals surface area contributed by atoms with E-state index in [4.69, 9.17) is 9.84 Å². The Balaban J connectivity index is 0.00000512. The Bertz CT molecular complexity index is 669. The molecular formula is C23H35F4NaO4. The summed E-state index contributed by atoms with van der Waals surface area (Å²) in [6.45, 7) is 4.74. The molecule has 0 aromatic carbocycles. The molecule has 2 rings (SSSR count). The molecule has 0 spiro atoms. The van der Waals surface area contributed by atoms with Crippen LogP contribution in [-0.4, -0.2) is 76.4 Å². The molecule has 180 valence electrons. The number of unbranched alkanes of at least 4 members (excludes halogenated alkanes) is 1. The fraction of sp³-hybridized carbons (Fsp3) is 0.783. The van der Waals surface area contributed by atoms with Gasteiger partial charge in [0.05, 0.1) is 17.6 Å². The van der Waals surface area contributed by atoms with Gasteiger partial charge in [0.2, 0.25) is 0 Å². The van der Waals surface area contributed by atoms with Crippen LogP contribution in [0.3, 0.4) is 0 Å². The number of rotatable bonds is 10. The SMILES string of the molecule is CCCCC(C)([C@H](O)/C=C/[C@@H]1[C@H]2C(F)C(/C=C/CCC(=O)O)O[C@H]2C[C@H]1C)C(F)(F)F.[NaH]. The van der Waals surface area contributed by atoms with E-state index in [9.17, 15) is 23.1 Å². The Hall–Kier alpha value is -0.410. The number of fused-ring (bicyclic) bond motifs is 1. The molecule has 0 bridgehead atoms. The average Bonchev–Trinajstić information content (AvgIpc) is 3.14. The van der Waals surface area contributed by atoms with Crippen molar-refractivity contribution in [3.8, 4) is 0 Å². The number of carboxylic acid groups (broad SMARTS) is 1. The predicted octanol–water partition coefficient (Wildman–Crippen LogP) is 4.81. The van der Waals surface area contributed by atoms with E-state index in [-0.39, 0.29) is 66.8 Å². The van der Waals surface area contributed by atoms with Crippen LogP contribution in [-0.2, 0) is 9.53 Å². The second kappa shape index (κ2) is 12.3. The first-order valence-electron chi connectivity index (χ1n) is 11.0. The predicted molar refractivity (Wildman–Crippen MR) is 116 cm³/mol. The quantitative estimate of drug-likeness (QED) is 0.271. The monoisotopic (exact) mass is 474 g/mol. The average molecular weight is 475 g/mol. The van der Waals surface area contributed by atoms with Gasteiger partial charge in [0.15, 0.2) is 0 Å². The Morgan fingerprint density at radius 1 is 1.28 bits per heavy atom. The summed E-state index contributed by atoms with van der Waals surface area (Å²) >= 11 is 0. The molecule has 2 N–H and O–H groups in total.